The number of hydrogen-bond donors (Lipinski definition) is 0. The summed E-state index contributed by atoms with van der Waals surface area (Å²) < 4.78 is 5.38. The van der Waals surface area contributed by atoms with Crippen molar-refractivity contribution in [1.82, 2.24) is 4.90 Å². The number of thiophene rings is 1. The molecule has 4 heteroatoms. The summed E-state index contributed by atoms with van der Waals surface area (Å²) in [5, 5.41) is 0. The number of Topliss-reactive ketones (excluding diaryl/α,β-unsaturated/α-hetero) is 1. The Morgan fingerprint density at radius 3 is 3.06 bits per heavy atom. The third-order valence-corrected chi connectivity index (χ3v) is 4.24. The van der Waals surface area contributed by atoms with Crippen molar-refractivity contribution in [3.05, 3.63) is 21.9 Å². The fraction of sp³-hybridized carbons (Fsp3) is 0.615. The van der Waals surface area contributed by atoms with Gasteiger partial charge < -0.3 is 4.74 Å². The molecule has 0 bridgehead atoms. The zero-order valence-corrected chi connectivity index (χ0v) is 11.1. The van der Waals surface area contributed by atoms with E-state index in [0.29, 0.717) is 6.54 Å². The van der Waals surface area contributed by atoms with Crippen molar-refractivity contribution in [3.63, 3.8) is 0 Å². The first kappa shape index (κ1) is 12.7. The molecule has 0 spiro atoms. The quantitative estimate of drug-likeness (QED) is 0.771. The number of rotatable bonds is 4. The fourth-order valence-electron chi connectivity index (χ4n) is 1.95. The molecule has 0 aromatic carbocycles. The van der Waals surface area contributed by atoms with E-state index in [-0.39, 0.29) is 5.78 Å². The zero-order valence-electron chi connectivity index (χ0n) is 10.3. The number of nitrogens with zero attached hydrogens (tertiary/aromatic N) is 1. The highest BCUT2D eigenvalue weighted by molar-refractivity contribution is 7.14. The van der Waals surface area contributed by atoms with Gasteiger partial charge in [-0.25, -0.2) is 0 Å². The molecule has 1 fully saturated rings. The first-order chi connectivity index (χ1) is 8.29. The van der Waals surface area contributed by atoms with Crippen LogP contribution in [0.5, 0.6) is 0 Å². The molecule has 2 heterocycles. The van der Waals surface area contributed by atoms with Crippen molar-refractivity contribution in [1.29, 1.82) is 0 Å². The second-order valence-electron chi connectivity index (χ2n) is 4.28. The van der Waals surface area contributed by atoms with Gasteiger partial charge in [-0.3, -0.25) is 9.69 Å². The number of carbonyl (C=O) groups is 1. The van der Waals surface area contributed by atoms with E-state index in [1.807, 2.05) is 6.07 Å². The molecular formula is C13H19NO2S. The molecule has 2 rings (SSSR count). The summed E-state index contributed by atoms with van der Waals surface area (Å²) in [5.74, 6) is 0.247. The van der Waals surface area contributed by atoms with E-state index < -0.39 is 0 Å². The minimum atomic E-state index is 0.247. The standard InChI is InChI=1S/C13H19NO2S/c1-2-11-4-5-13(17-11)12(15)10-14-6-3-8-16-9-7-14/h4-5H,2-3,6-10H2,1H3. The average Bonchev–Trinajstić information content (AvgIpc) is 2.68. The minimum Gasteiger partial charge on any atom is -0.380 e. The number of aryl methyl sites for hydroxylation is 1. The summed E-state index contributed by atoms with van der Waals surface area (Å²) in [6.45, 7) is 6.07. The van der Waals surface area contributed by atoms with Crippen LogP contribution in [-0.4, -0.2) is 43.5 Å². The van der Waals surface area contributed by atoms with E-state index in [1.54, 1.807) is 11.3 Å². The molecule has 1 aromatic heterocycles. The molecule has 94 valence electrons. The predicted octanol–water partition coefficient (Wildman–Crippen LogP) is 2.22. The van der Waals surface area contributed by atoms with E-state index in [1.165, 1.54) is 4.88 Å². The lowest BCUT2D eigenvalue weighted by Gasteiger charge is -2.17. The molecule has 1 aromatic rings. The third-order valence-electron chi connectivity index (χ3n) is 2.97. The Balaban J connectivity index is 1.91. The van der Waals surface area contributed by atoms with E-state index in [0.717, 1.165) is 44.0 Å². The molecule has 1 aliphatic rings. The summed E-state index contributed by atoms with van der Waals surface area (Å²) in [6.07, 6.45) is 2.04. The van der Waals surface area contributed by atoms with Gasteiger partial charge in [-0.15, -0.1) is 11.3 Å². The van der Waals surface area contributed by atoms with Crippen LogP contribution in [-0.2, 0) is 11.2 Å². The molecule has 0 unspecified atom stereocenters. The minimum absolute atomic E-state index is 0.247. The monoisotopic (exact) mass is 253 g/mol. The molecule has 0 saturated carbocycles. The van der Waals surface area contributed by atoms with E-state index >= 15 is 0 Å². The van der Waals surface area contributed by atoms with Gasteiger partial charge >= 0.3 is 0 Å². The summed E-state index contributed by atoms with van der Waals surface area (Å²) in [4.78, 5) is 16.5. The van der Waals surface area contributed by atoms with Crippen molar-refractivity contribution < 1.29 is 9.53 Å². The fourth-order valence-corrected chi connectivity index (χ4v) is 2.83. The van der Waals surface area contributed by atoms with Gasteiger partial charge in [0.05, 0.1) is 18.0 Å². The van der Waals surface area contributed by atoms with Crippen molar-refractivity contribution in [3.8, 4) is 0 Å². The van der Waals surface area contributed by atoms with Crippen LogP contribution in [0, 0.1) is 0 Å². The van der Waals surface area contributed by atoms with Gasteiger partial charge in [0.15, 0.2) is 5.78 Å². The molecule has 0 atom stereocenters. The second kappa shape index (κ2) is 6.28. The maximum absolute atomic E-state index is 12.1. The lowest BCUT2D eigenvalue weighted by Crippen LogP contribution is -2.31. The number of carbonyl (C=O) groups excluding carboxylic acids is 1. The second-order valence-corrected chi connectivity index (χ2v) is 5.45. The normalized spacial score (nSPS) is 17.9. The van der Waals surface area contributed by atoms with Crippen LogP contribution in [0.4, 0.5) is 0 Å². The molecule has 17 heavy (non-hydrogen) atoms. The van der Waals surface area contributed by atoms with Crippen molar-refractivity contribution >= 4 is 17.1 Å². The summed E-state index contributed by atoms with van der Waals surface area (Å²) in [7, 11) is 0. The number of ketones is 1. The lowest BCUT2D eigenvalue weighted by molar-refractivity contribution is 0.0926. The van der Waals surface area contributed by atoms with E-state index in [9.17, 15) is 4.79 Å². The van der Waals surface area contributed by atoms with Gasteiger partial charge in [0.2, 0.25) is 0 Å². The van der Waals surface area contributed by atoms with Crippen molar-refractivity contribution in [2.24, 2.45) is 0 Å². The highest BCUT2D eigenvalue weighted by atomic mass is 32.1. The van der Waals surface area contributed by atoms with Crippen LogP contribution >= 0.6 is 11.3 Å². The van der Waals surface area contributed by atoms with Crippen LogP contribution in [0.15, 0.2) is 12.1 Å². The Morgan fingerprint density at radius 2 is 2.29 bits per heavy atom. The molecule has 0 aliphatic carbocycles. The van der Waals surface area contributed by atoms with Crippen LogP contribution in [0.25, 0.3) is 0 Å². The van der Waals surface area contributed by atoms with Crippen molar-refractivity contribution in [2.75, 3.05) is 32.8 Å². The molecule has 1 aliphatic heterocycles. The highest BCUT2D eigenvalue weighted by Crippen LogP contribution is 2.18. The molecule has 0 amide bonds. The summed E-state index contributed by atoms with van der Waals surface area (Å²) in [5.41, 5.74) is 0. The highest BCUT2D eigenvalue weighted by Gasteiger charge is 2.15. The Labute approximate surface area is 106 Å². The maximum Gasteiger partial charge on any atom is 0.186 e. The number of hydrogen-bond acceptors (Lipinski definition) is 4. The smallest absolute Gasteiger partial charge is 0.186 e. The molecule has 0 radical (unpaired) electrons. The zero-order chi connectivity index (χ0) is 12.1. The molecule has 0 N–H and O–H groups in total. The Kier molecular flexibility index (Phi) is 4.71. The van der Waals surface area contributed by atoms with Gasteiger partial charge in [0, 0.05) is 24.6 Å². The first-order valence-electron chi connectivity index (χ1n) is 6.21. The van der Waals surface area contributed by atoms with Gasteiger partial charge in [0.1, 0.15) is 0 Å². The molecule has 1 saturated heterocycles. The average molecular weight is 253 g/mol. The predicted molar refractivity (Wildman–Crippen MR) is 69.9 cm³/mol. The van der Waals surface area contributed by atoms with Crippen LogP contribution < -0.4 is 0 Å². The topological polar surface area (TPSA) is 29.5 Å². The van der Waals surface area contributed by atoms with Gasteiger partial charge in [-0.1, -0.05) is 6.92 Å². The van der Waals surface area contributed by atoms with Gasteiger partial charge in [-0.2, -0.15) is 0 Å². The van der Waals surface area contributed by atoms with Crippen LogP contribution in [0.1, 0.15) is 27.9 Å². The van der Waals surface area contributed by atoms with Crippen LogP contribution in [0.3, 0.4) is 0 Å². The van der Waals surface area contributed by atoms with E-state index in [2.05, 4.69) is 17.9 Å². The first-order valence-corrected chi connectivity index (χ1v) is 7.03. The Bertz CT molecular complexity index is 367. The van der Waals surface area contributed by atoms with Crippen LogP contribution in [0.2, 0.25) is 0 Å². The Hall–Kier alpha value is -0.710. The van der Waals surface area contributed by atoms with E-state index in [4.69, 9.17) is 4.74 Å². The molecular weight excluding hydrogens is 234 g/mol. The largest absolute Gasteiger partial charge is 0.380 e. The summed E-state index contributed by atoms with van der Waals surface area (Å²) >= 11 is 1.63. The Morgan fingerprint density at radius 1 is 1.41 bits per heavy atom. The van der Waals surface area contributed by atoms with Gasteiger partial charge in [-0.05, 0) is 25.0 Å². The van der Waals surface area contributed by atoms with Crippen molar-refractivity contribution in [2.45, 2.75) is 19.8 Å². The maximum atomic E-state index is 12.1. The SMILES string of the molecule is CCc1ccc(C(=O)CN2CCCOCC2)s1. The number of ether oxygens (including phenoxy) is 1. The third kappa shape index (κ3) is 3.63. The van der Waals surface area contributed by atoms with Gasteiger partial charge in [0.25, 0.3) is 0 Å². The molecule has 3 nitrogen and oxygen atoms in total. The summed E-state index contributed by atoms with van der Waals surface area (Å²) in [6, 6.07) is 4.02. The lowest BCUT2D eigenvalue weighted by atomic mass is 10.2.